The number of hydrogen-bond donors (Lipinski definition) is 2. The molecule has 4 heteroatoms. The van der Waals surface area contributed by atoms with E-state index >= 15 is 0 Å². The van der Waals surface area contributed by atoms with Crippen LogP contribution in [0, 0.1) is 6.92 Å². The molecule has 1 fully saturated rings. The van der Waals surface area contributed by atoms with E-state index in [1.807, 2.05) is 17.8 Å². The summed E-state index contributed by atoms with van der Waals surface area (Å²) in [6.45, 7) is 2.11. The Labute approximate surface area is 120 Å². The Morgan fingerprint density at radius 1 is 1.47 bits per heavy atom. The first kappa shape index (κ1) is 14.7. The molecule has 0 amide bonds. The van der Waals surface area contributed by atoms with Crippen molar-refractivity contribution in [2.24, 2.45) is 5.84 Å². The second-order valence-electron chi connectivity index (χ2n) is 5.20. The minimum Gasteiger partial charge on any atom is -0.496 e. The lowest BCUT2D eigenvalue weighted by Gasteiger charge is -2.29. The number of ether oxygens (including phenoxy) is 1. The summed E-state index contributed by atoms with van der Waals surface area (Å²) in [6, 6.07) is 6.66. The fourth-order valence-corrected chi connectivity index (χ4v) is 4.10. The number of nitrogens with two attached hydrogens (primary N) is 1. The Balaban J connectivity index is 2.10. The zero-order valence-corrected chi connectivity index (χ0v) is 12.6. The average molecular weight is 280 g/mol. The second kappa shape index (κ2) is 7.17. The zero-order chi connectivity index (χ0) is 13.7. The molecule has 2 unspecified atom stereocenters. The van der Waals surface area contributed by atoms with Gasteiger partial charge in [-0.15, -0.1) is 0 Å². The largest absolute Gasteiger partial charge is 0.496 e. The summed E-state index contributed by atoms with van der Waals surface area (Å²) in [5.41, 5.74) is 5.53. The Hall–Kier alpha value is -0.710. The number of thioether (sulfide) groups is 1. The molecule has 0 spiro atoms. The average Bonchev–Trinajstić information content (AvgIpc) is 2.46. The quantitative estimate of drug-likeness (QED) is 0.643. The van der Waals surface area contributed by atoms with Gasteiger partial charge in [-0.25, -0.2) is 0 Å². The lowest BCUT2D eigenvalue weighted by atomic mass is 9.98. The predicted molar refractivity (Wildman–Crippen MR) is 82.6 cm³/mol. The van der Waals surface area contributed by atoms with E-state index < -0.39 is 0 Å². The molecule has 0 bridgehead atoms. The third-order valence-corrected chi connectivity index (χ3v) is 5.27. The first-order valence-electron chi connectivity index (χ1n) is 6.96. The lowest BCUT2D eigenvalue weighted by Crippen LogP contribution is -2.45. The van der Waals surface area contributed by atoms with E-state index in [1.54, 1.807) is 7.11 Å². The summed E-state index contributed by atoms with van der Waals surface area (Å²) in [6.07, 6.45) is 4.85. The van der Waals surface area contributed by atoms with Crippen molar-refractivity contribution in [3.8, 4) is 5.75 Å². The minimum absolute atomic E-state index is 0.320. The normalized spacial score (nSPS) is 21.1. The summed E-state index contributed by atoms with van der Waals surface area (Å²) in [5, 5.41) is 0.615. The molecule has 3 nitrogen and oxygen atoms in total. The van der Waals surface area contributed by atoms with Crippen molar-refractivity contribution < 1.29 is 4.74 Å². The van der Waals surface area contributed by atoms with Crippen LogP contribution in [-0.2, 0) is 6.42 Å². The van der Waals surface area contributed by atoms with Crippen LogP contribution in [0.2, 0.25) is 0 Å². The molecular formula is C15H24N2OS. The van der Waals surface area contributed by atoms with E-state index in [9.17, 15) is 0 Å². The first-order chi connectivity index (χ1) is 9.24. The topological polar surface area (TPSA) is 47.3 Å². The highest BCUT2D eigenvalue weighted by Gasteiger charge is 2.24. The van der Waals surface area contributed by atoms with Crippen LogP contribution in [0.3, 0.4) is 0 Å². The van der Waals surface area contributed by atoms with E-state index in [4.69, 9.17) is 10.6 Å². The summed E-state index contributed by atoms with van der Waals surface area (Å²) < 4.78 is 5.46. The van der Waals surface area contributed by atoms with Gasteiger partial charge in [0, 0.05) is 11.3 Å². The fourth-order valence-electron chi connectivity index (χ4n) is 2.68. The van der Waals surface area contributed by atoms with Gasteiger partial charge >= 0.3 is 0 Å². The Kier molecular flexibility index (Phi) is 5.55. The lowest BCUT2D eigenvalue weighted by molar-refractivity contribution is 0.402. The van der Waals surface area contributed by atoms with Crippen LogP contribution in [-0.4, -0.2) is 24.2 Å². The van der Waals surface area contributed by atoms with E-state index in [1.165, 1.54) is 36.1 Å². The van der Waals surface area contributed by atoms with Gasteiger partial charge in [-0.3, -0.25) is 11.3 Å². The van der Waals surface area contributed by atoms with E-state index in [2.05, 4.69) is 24.5 Å². The van der Waals surface area contributed by atoms with Crippen LogP contribution in [0.15, 0.2) is 18.2 Å². The van der Waals surface area contributed by atoms with Crippen LogP contribution in [0.1, 0.15) is 30.4 Å². The molecule has 0 aromatic heterocycles. The standard InChI is InChI=1S/C15H24N2OS/c1-11-6-7-14(18-2)12(9-11)10-13(17-16)15-5-3-4-8-19-15/h6-7,9,13,15,17H,3-5,8,10,16H2,1-2H3. The number of rotatable bonds is 5. The predicted octanol–water partition coefficient (Wildman–Crippen LogP) is 2.66. The maximum absolute atomic E-state index is 5.78. The van der Waals surface area contributed by atoms with E-state index in [0.29, 0.717) is 11.3 Å². The molecule has 2 rings (SSSR count). The highest BCUT2D eigenvalue weighted by molar-refractivity contribution is 8.00. The number of hydrogen-bond acceptors (Lipinski definition) is 4. The van der Waals surface area contributed by atoms with Crippen molar-refractivity contribution in [2.75, 3.05) is 12.9 Å². The van der Waals surface area contributed by atoms with Gasteiger partial charge in [-0.1, -0.05) is 24.1 Å². The van der Waals surface area contributed by atoms with Crippen LogP contribution in [0.5, 0.6) is 5.75 Å². The summed E-state index contributed by atoms with van der Waals surface area (Å²) in [4.78, 5) is 0. The fraction of sp³-hybridized carbons (Fsp3) is 0.600. The molecule has 1 saturated heterocycles. The maximum atomic E-state index is 5.78. The van der Waals surface area contributed by atoms with Crippen LogP contribution in [0.25, 0.3) is 0 Å². The number of aryl methyl sites for hydroxylation is 1. The molecular weight excluding hydrogens is 256 g/mol. The van der Waals surface area contributed by atoms with Gasteiger partial charge in [0.15, 0.2) is 0 Å². The van der Waals surface area contributed by atoms with Gasteiger partial charge in [-0.05, 0) is 43.6 Å². The third-order valence-electron chi connectivity index (χ3n) is 3.75. The minimum atomic E-state index is 0.320. The SMILES string of the molecule is COc1ccc(C)cc1CC(NN)C1CCCCS1. The smallest absolute Gasteiger partial charge is 0.122 e. The maximum Gasteiger partial charge on any atom is 0.122 e. The molecule has 1 aromatic carbocycles. The molecule has 106 valence electrons. The molecule has 1 aliphatic rings. The molecule has 19 heavy (non-hydrogen) atoms. The van der Waals surface area contributed by atoms with E-state index in [-0.39, 0.29) is 0 Å². The molecule has 0 aliphatic carbocycles. The van der Waals surface area contributed by atoms with Gasteiger partial charge in [0.25, 0.3) is 0 Å². The number of nitrogens with one attached hydrogen (secondary N) is 1. The number of benzene rings is 1. The summed E-state index contributed by atoms with van der Waals surface area (Å²) >= 11 is 2.05. The van der Waals surface area contributed by atoms with Gasteiger partial charge in [0.1, 0.15) is 5.75 Å². The van der Waals surface area contributed by atoms with Crippen molar-refractivity contribution in [3.05, 3.63) is 29.3 Å². The van der Waals surface area contributed by atoms with Crippen molar-refractivity contribution in [2.45, 2.75) is 43.9 Å². The highest BCUT2D eigenvalue weighted by atomic mass is 32.2. The van der Waals surface area contributed by atoms with Crippen molar-refractivity contribution in [1.82, 2.24) is 5.43 Å². The second-order valence-corrected chi connectivity index (χ2v) is 6.54. The number of hydrazine groups is 1. The molecule has 0 saturated carbocycles. The van der Waals surface area contributed by atoms with Crippen molar-refractivity contribution in [1.29, 1.82) is 0 Å². The summed E-state index contributed by atoms with van der Waals surface area (Å²) in [7, 11) is 1.73. The Bertz CT molecular complexity index is 405. The summed E-state index contributed by atoms with van der Waals surface area (Å²) in [5.74, 6) is 8.00. The van der Waals surface area contributed by atoms with Crippen molar-refractivity contribution in [3.63, 3.8) is 0 Å². The molecule has 1 aromatic rings. The number of methoxy groups -OCH3 is 1. The van der Waals surface area contributed by atoms with Gasteiger partial charge in [0.05, 0.1) is 7.11 Å². The van der Waals surface area contributed by atoms with Gasteiger partial charge in [0.2, 0.25) is 0 Å². The molecule has 2 atom stereocenters. The Morgan fingerprint density at radius 3 is 2.95 bits per heavy atom. The van der Waals surface area contributed by atoms with E-state index in [0.717, 1.165) is 12.2 Å². The highest BCUT2D eigenvalue weighted by Crippen LogP contribution is 2.30. The molecule has 1 aliphatic heterocycles. The van der Waals surface area contributed by atoms with Crippen molar-refractivity contribution >= 4 is 11.8 Å². The van der Waals surface area contributed by atoms with Crippen LogP contribution < -0.4 is 16.0 Å². The van der Waals surface area contributed by atoms with Crippen LogP contribution >= 0.6 is 11.8 Å². The zero-order valence-electron chi connectivity index (χ0n) is 11.8. The monoisotopic (exact) mass is 280 g/mol. The molecule has 1 heterocycles. The van der Waals surface area contributed by atoms with Crippen LogP contribution in [0.4, 0.5) is 0 Å². The first-order valence-corrected chi connectivity index (χ1v) is 8.00. The molecule has 0 radical (unpaired) electrons. The third kappa shape index (κ3) is 3.88. The van der Waals surface area contributed by atoms with Gasteiger partial charge in [-0.2, -0.15) is 11.8 Å². The van der Waals surface area contributed by atoms with Gasteiger partial charge < -0.3 is 4.74 Å². The Morgan fingerprint density at radius 2 is 2.32 bits per heavy atom. The molecule has 3 N–H and O–H groups in total.